The van der Waals surface area contributed by atoms with Gasteiger partial charge in [-0.05, 0) is 75.3 Å². The quantitative estimate of drug-likeness (QED) is 0.0641. The second-order valence-corrected chi connectivity index (χ2v) is 18.0. The number of carbonyl (C=O) groups is 9. The topological polar surface area (TPSA) is 282 Å². The number of carboxylic acid groups (broad SMARTS) is 1. The predicted molar refractivity (Wildman–Crippen MR) is 261 cm³/mol. The maximum Gasteiger partial charge on any atom is 0.490 e. The molecular formula is C51H62F3N9O10. The SMILES string of the molecule is CCCC[C@H](NC(=O)[C@@H]1CCCN1C(=O)[C@H]1CCCN1C(=O)[C@H](Cc1ccccc1)NC(=O)[C@@H](Cc1c[nH]c2ccccc12)NC(=O)[C@H](C)NC(=O)[C@H](C)NC(=O)c1ccccc1)C(N)=O.O=C(O)C(F)(F)F. The highest BCUT2D eigenvalue weighted by atomic mass is 19.4. The summed E-state index contributed by atoms with van der Waals surface area (Å²) in [7, 11) is 0. The van der Waals surface area contributed by atoms with Crippen molar-refractivity contribution < 1.29 is 61.4 Å². The molecule has 3 heterocycles. The van der Waals surface area contributed by atoms with Crippen molar-refractivity contribution in [3.05, 3.63) is 108 Å². The van der Waals surface area contributed by atoms with Crippen LogP contribution in [0, 0.1) is 0 Å². The number of unbranched alkanes of at least 4 members (excludes halogenated alkanes) is 1. The number of nitrogens with two attached hydrogens (primary N) is 1. The molecule has 6 rings (SSSR count). The fourth-order valence-electron chi connectivity index (χ4n) is 8.63. The summed E-state index contributed by atoms with van der Waals surface area (Å²) < 4.78 is 31.7. The van der Waals surface area contributed by atoms with Crippen LogP contribution in [0.4, 0.5) is 13.2 Å². The molecular weight excluding hydrogens is 956 g/mol. The highest BCUT2D eigenvalue weighted by Gasteiger charge is 2.44. The minimum Gasteiger partial charge on any atom is -0.475 e. The first-order valence-electron chi connectivity index (χ1n) is 24.1. The van der Waals surface area contributed by atoms with Crippen molar-refractivity contribution in [1.29, 1.82) is 0 Å². The molecule has 0 unspecified atom stereocenters. The molecule has 1 aromatic heterocycles. The van der Waals surface area contributed by atoms with E-state index in [4.69, 9.17) is 15.6 Å². The lowest BCUT2D eigenvalue weighted by atomic mass is 10.0. The van der Waals surface area contributed by atoms with Gasteiger partial charge in [0.15, 0.2) is 0 Å². The Kier molecular flexibility index (Phi) is 20.1. The zero-order valence-electron chi connectivity index (χ0n) is 40.7. The number of amides is 8. The number of aromatic amines is 1. The van der Waals surface area contributed by atoms with Crippen molar-refractivity contribution in [3.63, 3.8) is 0 Å². The van der Waals surface area contributed by atoms with Crippen LogP contribution in [0.1, 0.15) is 87.2 Å². The minimum absolute atomic E-state index is 0.0102. The van der Waals surface area contributed by atoms with E-state index < -0.39 is 95.8 Å². The summed E-state index contributed by atoms with van der Waals surface area (Å²) >= 11 is 0. The molecule has 22 heteroatoms. The number of primary amides is 1. The Balaban J connectivity index is 0.00000131. The Morgan fingerprint density at radius 3 is 1.89 bits per heavy atom. The highest BCUT2D eigenvalue weighted by molar-refractivity contribution is 6.00. The molecule has 2 fully saturated rings. The van der Waals surface area contributed by atoms with Gasteiger partial charge in [-0.1, -0.05) is 86.5 Å². The molecule has 392 valence electrons. The van der Waals surface area contributed by atoms with Gasteiger partial charge in [0.1, 0.15) is 42.3 Å². The van der Waals surface area contributed by atoms with E-state index in [2.05, 4.69) is 31.6 Å². The number of benzene rings is 3. The molecule has 73 heavy (non-hydrogen) atoms. The van der Waals surface area contributed by atoms with Gasteiger partial charge in [-0.3, -0.25) is 38.4 Å². The lowest BCUT2D eigenvalue weighted by molar-refractivity contribution is -0.192. The third-order valence-electron chi connectivity index (χ3n) is 12.6. The monoisotopic (exact) mass is 1020 g/mol. The number of hydrogen-bond donors (Lipinski definition) is 8. The molecule has 0 aliphatic carbocycles. The molecule has 0 radical (unpaired) electrons. The number of hydrogen-bond acceptors (Lipinski definition) is 9. The van der Waals surface area contributed by atoms with E-state index >= 15 is 0 Å². The second kappa shape index (κ2) is 26.1. The first kappa shape index (κ1) is 56.1. The van der Waals surface area contributed by atoms with Crippen LogP contribution in [0.15, 0.2) is 91.1 Å². The molecule has 8 amide bonds. The van der Waals surface area contributed by atoms with E-state index in [0.717, 1.165) is 22.9 Å². The number of carbonyl (C=O) groups excluding carboxylic acids is 8. The molecule has 0 bridgehead atoms. The number of nitrogens with one attached hydrogen (secondary N) is 6. The van der Waals surface area contributed by atoms with Gasteiger partial charge >= 0.3 is 12.1 Å². The Hall–Kier alpha value is -7.78. The normalized spacial score (nSPS) is 17.4. The van der Waals surface area contributed by atoms with Crippen LogP contribution in [0.5, 0.6) is 0 Å². The van der Waals surface area contributed by atoms with E-state index in [0.29, 0.717) is 56.2 Å². The predicted octanol–water partition coefficient (Wildman–Crippen LogP) is 3.02. The molecule has 7 atom stereocenters. The summed E-state index contributed by atoms with van der Waals surface area (Å²) in [5.41, 5.74) is 8.23. The number of aliphatic carboxylic acids is 1. The van der Waals surface area contributed by atoms with Crippen LogP contribution >= 0.6 is 0 Å². The van der Waals surface area contributed by atoms with Gasteiger partial charge in [-0.2, -0.15) is 13.2 Å². The Morgan fingerprint density at radius 1 is 0.699 bits per heavy atom. The maximum atomic E-state index is 14.8. The minimum atomic E-state index is -5.08. The number of rotatable bonds is 20. The molecule has 0 saturated carbocycles. The van der Waals surface area contributed by atoms with Crippen molar-refractivity contribution >= 4 is 64.1 Å². The van der Waals surface area contributed by atoms with E-state index in [-0.39, 0.29) is 25.3 Å². The first-order chi connectivity index (χ1) is 34.7. The van der Waals surface area contributed by atoms with Gasteiger partial charge in [0.2, 0.25) is 41.4 Å². The van der Waals surface area contributed by atoms with Crippen LogP contribution in [-0.4, -0.2) is 135 Å². The zero-order valence-corrected chi connectivity index (χ0v) is 40.7. The molecule has 9 N–H and O–H groups in total. The number of halogens is 3. The molecule has 0 spiro atoms. The van der Waals surface area contributed by atoms with Crippen LogP contribution in [0.25, 0.3) is 10.9 Å². The largest absolute Gasteiger partial charge is 0.490 e. The van der Waals surface area contributed by atoms with Crippen molar-refractivity contribution in [3.8, 4) is 0 Å². The Labute approximate surface area is 419 Å². The number of alkyl halides is 3. The van der Waals surface area contributed by atoms with E-state index in [9.17, 15) is 51.5 Å². The summed E-state index contributed by atoms with van der Waals surface area (Å²) in [6.45, 7) is 5.45. The van der Waals surface area contributed by atoms with E-state index in [1.165, 1.54) is 23.6 Å². The molecule has 2 aliphatic rings. The standard InChI is InChI=1S/C49H61N9O8.C2HF3O2/c1-4-5-21-37(42(50)59)54-47(64)40-23-14-25-57(40)49(66)41-24-15-26-58(41)48(65)39(27-32-16-8-6-9-17-32)56-46(63)38(28-34-29-51-36-22-13-12-20-35(34)36)55-44(61)31(3)52-43(60)30(2)53-45(62)33-18-10-7-11-19-33;3-2(4,5)1(6)7/h6-13,16-20,22,29-31,37-41,51H,4-5,14-15,21,23-28H2,1-3H3,(H2,50,59)(H,52,60)(H,53,62)(H,54,64)(H,55,61)(H,56,63);(H,6,7)/t30-,31-,37-,38+,39-,40-,41+;/m0./s1. The van der Waals surface area contributed by atoms with Crippen LogP contribution in [-0.2, 0) is 51.2 Å². The number of fused-ring (bicyclic) bond motifs is 1. The van der Waals surface area contributed by atoms with Crippen LogP contribution < -0.4 is 32.3 Å². The van der Waals surface area contributed by atoms with E-state index in [1.807, 2.05) is 61.5 Å². The number of aromatic nitrogens is 1. The molecule has 2 aliphatic heterocycles. The Bertz CT molecular complexity index is 2600. The first-order valence-corrected chi connectivity index (χ1v) is 24.1. The lowest BCUT2D eigenvalue weighted by Crippen LogP contribution is -2.60. The summed E-state index contributed by atoms with van der Waals surface area (Å²) in [4.78, 5) is 124. The van der Waals surface area contributed by atoms with Crippen molar-refractivity contribution in [2.75, 3.05) is 13.1 Å². The van der Waals surface area contributed by atoms with Gasteiger partial charge in [0.25, 0.3) is 5.91 Å². The van der Waals surface area contributed by atoms with E-state index in [1.54, 1.807) is 36.5 Å². The fraction of sp³-hybridized carbons (Fsp3) is 0.431. The fourth-order valence-corrected chi connectivity index (χ4v) is 8.63. The summed E-state index contributed by atoms with van der Waals surface area (Å²) in [5, 5.41) is 21.7. The Morgan fingerprint density at radius 2 is 1.26 bits per heavy atom. The maximum absolute atomic E-state index is 14.8. The lowest BCUT2D eigenvalue weighted by Gasteiger charge is -2.33. The summed E-state index contributed by atoms with van der Waals surface area (Å²) in [5.74, 6) is -7.19. The van der Waals surface area contributed by atoms with Gasteiger partial charge in [0, 0.05) is 48.6 Å². The van der Waals surface area contributed by atoms with Gasteiger partial charge in [-0.25, -0.2) is 4.79 Å². The highest BCUT2D eigenvalue weighted by Crippen LogP contribution is 2.27. The average molecular weight is 1020 g/mol. The molecule has 2 saturated heterocycles. The van der Waals surface area contributed by atoms with Crippen molar-refractivity contribution in [2.24, 2.45) is 5.73 Å². The van der Waals surface area contributed by atoms with Crippen molar-refractivity contribution in [1.82, 2.24) is 41.4 Å². The summed E-state index contributed by atoms with van der Waals surface area (Å²) in [6.07, 6.45) is 0.423. The van der Waals surface area contributed by atoms with Crippen molar-refractivity contribution in [2.45, 2.75) is 127 Å². The average Bonchev–Trinajstić information content (AvgIpc) is 4.16. The van der Waals surface area contributed by atoms with Crippen LogP contribution in [0.2, 0.25) is 0 Å². The van der Waals surface area contributed by atoms with Gasteiger partial charge < -0.3 is 52.2 Å². The molecule has 4 aromatic rings. The number of nitrogens with zero attached hydrogens (tertiary/aromatic N) is 2. The second-order valence-electron chi connectivity index (χ2n) is 18.0. The number of carboxylic acids is 1. The van der Waals surface area contributed by atoms with Gasteiger partial charge in [-0.15, -0.1) is 0 Å². The molecule has 3 aromatic carbocycles. The smallest absolute Gasteiger partial charge is 0.475 e. The van der Waals surface area contributed by atoms with Gasteiger partial charge in [0.05, 0.1) is 0 Å². The molecule has 19 nitrogen and oxygen atoms in total. The number of para-hydroxylation sites is 1. The number of H-pyrrole nitrogens is 1. The third-order valence-corrected chi connectivity index (χ3v) is 12.6. The summed E-state index contributed by atoms with van der Waals surface area (Å²) in [6, 6.07) is 17.8. The number of likely N-dealkylation sites (tertiary alicyclic amines) is 2. The van der Waals surface area contributed by atoms with Crippen LogP contribution in [0.3, 0.4) is 0 Å². The third kappa shape index (κ3) is 15.6. The zero-order chi connectivity index (χ0) is 53.4.